The van der Waals surface area contributed by atoms with Crippen molar-refractivity contribution in [3.8, 4) is 0 Å². The van der Waals surface area contributed by atoms with E-state index in [2.05, 4.69) is 12.2 Å². The van der Waals surface area contributed by atoms with Crippen LogP contribution in [-0.4, -0.2) is 23.2 Å². The summed E-state index contributed by atoms with van der Waals surface area (Å²) in [6.45, 7) is 3.97. The van der Waals surface area contributed by atoms with E-state index >= 15 is 0 Å². The van der Waals surface area contributed by atoms with Crippen LogP contribution in [0.25, 0.3) is 0 Å². The average Bonchev–Trinajstić information content (AvgIpc) is 2.87. The molecule has 0 heterocycles. The first-order valence-electron chi connectivity index (χ1n) is 5.13. The van der Waals surface area contributed by atoms with Crippen molar-refractivity contribution >= 4 is 5.91 Å². The monoisotopic (exact) mass is 185 g/mol. The Morgan fingerprint density at radius 3 is 2.69 bits per heavy atom. The van der Waals surface area contributed by atoms with Gasteiger partial charge in [0.1, 0.15) is 6.10 Å². The molecule has 2 atom stereocenters. The van der Waals surface area contributed by atoms with Crippen molar-refractivity contribution in [3.05, 3.63) is 0 Å². The zero-order valence-corrected chi connectivity index (χ0v) is 8.42. The van der Waals surface area contributed by atoms with Crippen molar-refractivity contribution in [1.29, 1.82) is 0 Å². The third kappa shape index (κ3) is 3.35. The van der Waals surface area contributed by atoms with Crippen molar-refractivity contribution in [1.82, 2.24) is 5.32 Å². The molecular weight excluding hydrogens is 166 g/mol. The highest BCUT2D eigenvalue weighted by Crippen LogP contribution is 2.19. The van der Waals surface area contributed by atoms with Gasteiger partial charge in [0, 0.05) is 6.04 Å². The summed E-state index contributed by atoms with van der Waals surface area (Å²) in [4.78, 5) is 11.3. The maximum absolute atomic E-state index is 11.3. The van der Waals surface area contributed by atoms with Gasteiger partial charge in [0.25, 0.3) is 0 Å². The maximum Gasteiger partial charge on any atom is 0.249 e. The third-order valence-electron chi connectivity index (χ3n) is 2.48. The topological polar surface area (TPSA) is 49.3 Å². The average molecular weight is 185 g/mol. The van der Waals surface area contributed by atoms with E-state index in [4.69, 9.17) is 0 Å². The van der Waals surface area contributed by atoms with Gasteiger partial charge in [-0.3, -0.25) is 4.79 Å². The zero-order chi connectivity index (χ0) is 9.84. The normalized spacial score (nSPS) is 20.8. The van der Waals surface area contributed by atoms with Gasteiger partial charge in [-0.15, -0.1) is 0 Å². The molecule has 1 aliphatic rings. The number of rotatable bonds is 5. The van der Waals surface area contributed by atoms with Crippen molar-refractivity contribution in [2.45, 2.75) is 51.7 Å². The summed E-state index contributed by atoms with van der Waals surface area (Å²) in [6.07, 6.45) is 3.23. The molecule has 0 aliphatic heterocycles. The molecule has 13 heavy (non-hydrogen) atoms. The molecule has 1 aliphatic carbocycles. The van der Waals surface area contributed by atoms with Crippen LogP contribution in [0.1, 0.15) is 39.5 Å². The van der Waals surface area contributed by atoms with Crippen LogP contribution in [-0.2, 0) is 4.79 Å². The Kier molecular flexibility index (Phi) is 3.72. The van der Waals surface area contributed by atoms with Crippen molar-refractivity contribution < 1.29 is 9.90 Å². The van der Waals surface area contributed by atoms with E-state index in [0.29, 0.717) is 6.04 Å². The Morgan fingerprint density at radius 2 is 2.23 bits per heavy atom. The summed E-state index contributed by atoms with van der Waals surface area (Å²) in [7, 11) is 0. The van der Waals surface area contributed by atoms with Gasteiger partial charge in [-0.1, -0.05) is 20.3 Å². The van der Waals surface area contributed by atoms with Crippen LogP contribution < -0.4 is 5.32 Å². The minimum Gasteiger partial charge on any atom is -0.383 e. The van der Waals surface area contributed by atoms with Gasteiger partial charge in [-0.05, 0) is 25.2 Å². The molecule has 1 saturated carbocycles. The predicted octanol–water partition coefficient (Wildman–Crippen LogP) is 1.06. The van der Waals surface area contributed by atoms with Gasteiger partial charge in [-0.2, -0.15) is 0 Å². The van der Waals surface area contributed by atoms with E-state index in [1.54, 1.807) is 0 Å². The van der Waals surface area contributed by atoms with Crippen LogP contribution >= 0.6 is 0 Å². The van der Waals surface area contributed by atoms with Crippen LogP contribution in [0.5, 0.6) is 0 Å². The van der Waals surface area contributed by atoms with Crippen LogP contribution in [0.15, 0.2) is 0 Å². The molecule has 1 unspecified atom stereocenters. The molecule has 0 radical (unpaired) electrons. The lowest BCUT2D eigenvalue weighted by Gasteiger charge is -2.17. The molecule has 0 aromatic carbocycles. The minimum absolute atomic E-state index is 0.0729. The number of aliphatic hydroxyl groups excluding tert-OH is 1. The smallest absolute Gasteiger partial charge is 0.249 e. The summed E-state index contributed by atoms with van der Waals surface area (Å²) >= 11 is 0. The summed E-state index contributed by atoms with van der Waals surface area (Å²) in [6, 6.07) is 0.343. The fourth-order valence-electron chi connectivity index (χ4n) is 1.39. The zero-order valence-electron chi connectivity index (χ0n) is 8.42. The highest BCUT2D eigenvalue weighted by Gasteiger charge is 2.28. The van der Waals surface area contributed by atoms with Gasteiger partial charge in [0.05, 0.1) is 0 Å². The highest BCUT2D eigenvalue weighted by atomic mass is 16.3. The minimum atomic E-state index is -0.819. The summed E-state index contributed by atoms with van der Waals surface area (Å²) in [5, 5.41) is 12.4. The Bertz CT molecular complexity index is 178. The molecule has 1 rings (SSSR count). The van der Waals surface area contributed by atoms with E-state index in [1.165, 1.54) is 0 Å². The Morgan fingerprint density at radius 1 is 1.62 bits per heavy atom. The van der Waals surface area contributed by atoms with Gasteiger partial charge < -0.3 is 10.4 Å². The van der Waals surface area contributed by atoms with Gasteiger partial charge >= 0.3 is 0 Å². The molecule has 0 saturated heterocycles. The van der Waals surface area contributed by atoms with Crippen molar-refractivity contribution in [3.63, 3.8) is 0 Å². The number of hydrogen-bond acceptors (Lipinski definition) is 2. The lowest BCUT2D eigenvalue weighted by molar-refractivity contribution is -0.132. The fourth-order valence-corrected chi connectivity index (χ4v) is 1.39. The molecule has 1 fully saturated rings. The van der Waals surface area contributed by atoms with Gasteiger partial charge in [-0.25, -0.2) is 0 Å². The predicted molar refractivity (Wildman–Crippen MR) is 51.2 cm³/mol. The van der Waals surface area contributed by atoms with Crippen LogP contribution in [0.3, 0.4) is 0 Å². The molecule has 3 nitrogen and oxygen atoms in total. The summed E-state index contributed by atoms with van der Waals surface area (Å²) in [5.74, 6) is -0.118. The maximum atomic E-state index is 11.3. The molecule has 0 aromatic heterocycles. The quantitative estimate of drug-likeness (QED) is 0.673. The summed E-state index contributed by atoms with van der Waals surface area (Å²) in [5.41, 5.74) is 0. The number of amides is 1. The standard InChI is InChI=1S/C10H19NO2/c1-3-4-7(2)9(12)10(13)11-8-5-6-8/h7-9,12H,3-6H2,1-2H3,(H,11,13)/t7?,9-/m1/s1. The molecule has 2 N–H and O–H groups in total. The second kappa shape index (κ2) is 4.61. The first-order chi connectivity index (χ1) is 6.15. The Balaban J connectivity index is 2.26. The molecular formula is C10H19NO2. The third-order valence-corrected chi connectivity index (χ3v) is 2.48. The van der Waals surface area contributed by atoms with Crippen molar-refractivity contribution in [2.24, 2.45) is 5.92 Å². The summed E-state index contributed by atoms with van der Waals surface area (Å²) < 4.78 is 0. The Hall–Kier alpha value is -0.570. The lowest BCUT2D eigenvalue weighted by atomic mass is 9.99. The number of carbonyl (C=O) groups excluding carboxylic acids is 1. The molecule has 1 amide bonds. The number of aliphatic hydroxyl groups is 1. The second-order valence-corrected chi connectivity index (χ2v) is 3.99. The van der Waals surface area contributed by atoms with E-state index < -0.39 is 6.10 Å². The van der Waals surface area contributed by atoms with Crippen LogP contribution in [0.2, 0.25) is 0 Å². The molecule has 76 valence electrons. The lowest BCUT2D eigenvalue weighted by Crippen LogP contribution is -2.39. The molecule has 0 spiro atoms. The molecule has 0 aromatic rings. The molecule has 0 bridgehead atoms. The number of hydrogen-bond donors (Lipinski definition) is 2. The first kappa shape index (κ1) is 10.5. The fraction of sp³-hybridized carbons (Fsp3) is 0.900. The highest BCUT2D eigenvalue weighted by molar-refractivity contribution is 5.81. The van der Waals surface area contributed by atoms with E-state index in [9.17, 15) is 9.90 Å². The van der Waals surface area contributed by atoms with Crippen LogP contribution in [0, 0.1) is 5.92 Å². The van der Waals surface area contributed by atoms with Crippen LogP contribution in [0.4, 0.5) is 0 Å². The second-order valence-electron chi connectivity index (χ2n) is 3.99. The number of nitrogens with one attached hydrogen (secondary N) is 1. The van der Waals surface area contributed by atoms with E-state index in [1.807, 2.05) is 6.92 Å². The molecule has 3 heteroatoms. The largest absolute Gasteiger partial charge is 0.383 e. The van der Waals surface area contributed by atoms with E-state index in [0.717, 1.165) is 25.7 Å². The van der Waals surface area contributed by atoms with Crippen molar-refractivity contribution in [2.75, 3.05) is 0 Å². The SMILES string of the molecule is CCCC(C)[C@@H](O)C(=O)NC1CC1. The first-order valence-corrected chi connectivity index (χ1v) is 5.13. The van der Waals surface area contributed by atoms with Gasteiger partial charge in [0.15, 0.2) is 0 Å². The number of carbonyl (C=O) groups is 1. The van der Waals surface area contributed by atoms with E-state index in [-0.39, 0.29) is 11.8 Å². The Labute approximate surface area is 79.5 Å². The van der Waals surface area contributed by atoms with Gasteiger partial charge in [0.2, 0.25) is 5.91 Å².